The highest BCUT2D eigenvalue weighted by Crippen LogP contribution is 2.44. The van der Waals surface area contributed by atoms with Gasteiger partial charge in [0.05, 0.1) is 0 Å². The molecule has 1 fully saturated rings. The van der Waals surface area contributed by atoms with Crippen LogP contribution in [0.2, 0.25) is 0 Å². The zero-order valence-electron chi connectivity index (χ0n) is 18.0. The van der Waals surface area contributed by atoms with Crippen molar-refractivity contribution in [1.82, 2.24) is 10.2 Å². The topological polar surface area (TPSA) is 95.9 Å². The van der Waals surface area contributed by atoms with Crippen LogP contribution in [0.4, 0.5) is 18.0 Å². The van der Waals surface area contributed by atoms with Crippen molar-refractivity contribution in [3.63, 3.8) is 0 Å². The van der Waals surface area contributed by atoms with E-state index in [9.17, 15) is 27.6 Å². The lowest BCUT2D eigenvalue weighted by molar-refractivity contribution is -0.169. The number of carboxylic acid groups (broad SMARTS) is 1. The standard InChI is InChI=1S/C24H23F3N2O5/c25-24(26,27)13-29(11-21(30)31)22(32)14-9-15(10-14)28-23(33)34-12-20-18-7-3-1-5-16(18)17-6-2-4-8-19(17)20/h1-8,14-15,20H,9-13H2,(H,28,33)(H,30,31). The van der Waals surface area contributed by atoms with Crippen LogP contribution in [-0.2, 0) is 14.3 Å². The molecule has 0 spiro atoms. The summed E-state index contributed by atoms with van der Waals surface area (Å²) in [5, 5.41) is 11.4. The van der Waals surface area contributed by atoms with Crippen LogP contribution >= 0.6 is 0 Å². The van der Waals surface area contributed by atoms with E-state index in [0.717, 1.165) is 22.3 Å². The highest BCUT2D eigenvalue weighted by molar-refractivity contribution is 5.84. The SMILES string of the molecule is O=C(O)CN(CC(F)(F)F)C(=O)C1CC(NC(=O)OCC2c3ccccc3-c3ccccc32)C1. The van der Waals surface area contributed by atoms with E-state index in [-0.39, 0.29) is 30.3 Å². The first-order chi connectivity index (χ1) is 16.1. The number of fused-ring (bicyclic) bond motifs is 3. The summed E-state index contributed by atoms with van der Waals surface area (Å²) in [6.45, 7) is -2.54. The van der Waals surface area contributed by atoms with Crippen LogP contribution < -0.4 is 5.32 Å². The number of alkyl carbamates (subject to hydrolysis) is 1. The number of alkyl halides is 3. The molecule has 10 heteroatoms. The molecule has 1 saturated carbocycles. The molecule has 7 nitrogen and oxygen atoms in total. The first-order valence-electron chi connectivity index (χ1n) is 10.8. The summed E-state index contributed by atoms with van der Waals surface area (Å²) in [5.74, 6) is -3.29. The van der Waals surface area contributed by atoms with E-state index >= 15 is 0 Å². The quantitative estimate of drug-likeness (QED) is 0.634. The average Bonchev–Trinajstić information content (AvgIpc) is 3.06. The Bertz CT molecular complexity index is 1050. The minimum absolute atomic E-state index is 0.110. The molecule has 0 bridgehead atoms. The fraction of sp³-hybridized carbons (Fsp3) is 0.375. The Morgan fingerprint density at radius 3 is 2.09 bits per heavy atom. The van der Waals surface area contributed by atoms with Crippen molar-refractivity contribution < 1.29 is 37.4 Å². The van der Waals surface area contributed by atoms with E-state index in [0.29, 0.717) is 0 Å². The lowest BCUT2D eigenvalue weighted by atomic mass is 9.79. The largest absolute Gasteiger partial charge is 0.480 e. The number of nitrogens with zero attached hydrogens (tertiary/aromatic N) is 1. The Hall–Kier alpha value is -3.56. The van der Waals surface area contributed by atoms with Gasteiger partial charge in [0.1, 0.15) is 19.7 Å². The lowest BCUT2D eigenvalue weighted by Crippen LogP contribution is -2.52. The molecule has 2 aromatic carbocycles. The number of aliphatic carboxylic acids is 1. The van der Waals surface area contributed by atoms with Crippen molar-refractivity contribution in [2.45, 2.75) is 31.0 Å². The molecule has 180 valence electrons. The smallest absolute Gasteiger partial charge is 0.407 e. The zero-order valence-corrected chi connectivity index (χ0v) is 18.0. The fourth-order valence-corrected chi connectivity index (χ4v) is 4.59. The number of amides is 2. The summed E-state index contributed by atoms with van der Waals surface area (Å²) in [4.78, 5) is 35.8. The molecule has 0 radical (unpaired) electrons. The summed E-state index contributed by atoms with van der Waals surface area (Å²) < 4.78 is 43.5. The molecule has 2 aromatic rings. The summed E-state index contributed by atoms with van der Waals surface area (Å²) >= 11 is 0. The van der Waals surface area contributed by atoms with Crippen molar-refractivity contribution in [3.8, 4) is 11.1 Å². The number of nitrogens with one attached hydrogen (secondary N) is 1. The molecular formula is C24H23F3N2O5. The maximum Gasteiger partial charge on any atom is 0.407 e. The van der Waals surface area contributed by atoms with Gasteiger partial charge in [-0.15, -0.1) is 0 Å². The third-order valence-electron chi connectivity index (χ3n) is 6.16. The summed E-state index contributed by atoms with van der Waals surface area (Å²) in [6.07, 6.45) is -5.13. The van der Waals surface area contributed by atoms with Gasteiger partial charge in [-0.05, 0) is 35.1 Å². The van der Waals surface area contributed by atoms with Gasteiger partial charge in [0.2, 0.25) is 5.91 Å². The normalized spacial score (nSPS) is 18.9. The first kappa shape index (κ1) is 23.6. The van der Waals surface area contributed by atoms with Crippen molar-refractivity contribution in [2.75, 3.05) is 19.7 Å². The number of hydrogen-bond donors (Lipinski definition) is 2. The van der Waals surface area contributed by atoms with Crippen molar-refractivity contribution in [1.29, 1.82) is 0 Å². The molecule has 0 aromatic heterocycles. The maximum atomic E-state index is 12.7. The first-order valence-corrected chi connectivity index (χ1v) is 10.8. The molecule has 2 aliphatic carbocycles. The highest BCUT2D eigenvalue weighted by atomic mass is 19.4. The van der Waals surface area contributed by atoms with Gasteiger partial charge in [-0.25, -0.2) is 4.79 Å². The van der Waals surface area contributed by atoms with Crippen molar-refractivity contribution in [3.05, 3.63) is 59.7 Å². The van der Waals surface area contributed by atoms with Gasteiger partial charge in [-0.2, -0.15) is 13.2 Å². The van der Waals surface area contributed by atoms with E-state index < -0.39 is 49.2 Å². The molecule has 4 rings (SSSR count). The van der Waals surface area contributed by atoms with Gasteiger partial charge in [0, 0.05) is 17.9 Å². The van der Waals surface area contributed by atoms with Crippen LogP contribution in [0, 0.1) is 5.92 Å². The predicted octanol–water partition coefficient (Wildman–Crippen LogP) is 3.78. The number of carbonyl (C=O) groups is 3. The van der Waals surface area contributed by atoms with Crippen LogP contribution in [0.1, 0.15) is 29.9 Å². The fourth-order valence-electron chi connectivity index (χ4n) is 4.59. The van der Waals surface area contributed by atoms with E-state index in [1.54, 1.807) is 0 Å². The average molecular weight is 476 g/mol. The molecule has 34 heavy (non-hydrogen) atoms. The minimum Gasteiger partial charge on any atom is -0.480 e. The summed E-state index contributed by atoms with van der Waals surface area (Å²) in [5.41, 5.74) is 4.32. The second-order valence-corrected chi connectivity index (χ2v) is 8.54. The third kappa shape index (κ3) is 5.16. The van der Waals surface area contributed by atoms with Gasteiger partial charge in [0.25, 0.3) is 0 Å². The molecule has 0 heterocycles. The number of benzene rings is 2. The second kappa shape index (κ2) is 9.36. The minimum atomic E-state index is -4.70. The molecule has 2 amide bonds. The number of halogens is 3. The van der Waals surface area contributed by atoms with E-state index in [2.05, 4.69) is 5.32 Å². The molecule has 2 N–H and O–H groups in total. The van der Waals surface area contributed by atoms with Gasteiger partial charge in [0.15, 0.2) is 0 Å². The van der Waals surface area contributed by atoms with Crippen LogP contribution in [0.15, 0.2) is 48.5 Å². The van der Waals surface area contributed by atoms with Crippen LogP contribution in [-0.4, -0.2) is 59.9 Å². The van der Waals surface area contributed by atoms with E-state index in [1.165, 1.54) is 0 Å². The number of hydrogen-bond acceptors (Lipinski definition) is 4. The van der Waals surface area contributed by atoms with Crippen molar-refractivity contribution in [2.24, 2.45) is 5.92 Å². The maximum absolute atomic E-state index is 12.7. The van der Waals surface area contributed by atoms with Crippen molar-refractivity contribution >= 4 is 18.0 Å². The molecule has 0 aliphatic heterocycles. The summed E-state index contributed by atoms with van der Waals surface area (Å²) in [6, 6.07) is 15.4. The predicted molar refractivity (Wildman–Crippen MR) is 115 cm³/mol. The Balaban J connectivity index is 1.29. The number of ether oxygens (including phenoxy) is 1. The Morgan fingerprint density at radius 1 is 1.00 bits per heavy atom. The number of carboxylic acids is 1. The monoisotopic (exact) mass is 476 g/mol. The molecule has 0 atom stereocenters. The Morgan fingerprint density at radius 2 is 1.56 bits per heavy atom. The molecule has 0 saturated heterocycles. The van der Waals surface area contributed by atoms with Crippen LogP contribution in [0.5, 0.6) is 0 Å². The third-order valence-corrected chi connectivity index (χ3v) is 6.16. The van der Waals surface area contributed by atoms with Crippen LogP contribution in [0.25, 0.3) is 11.1 Å². The van der Waals surface area contributed by atoms with Gasteiger partial charge < -0.3 is 20.1 Å². The Labute approximate surface area is 193 Å². The van der Waals surface area contributed by atoms with Gasteiger partial charge >= 0.3 is 18.2 Å². The second-order valence-electron chi connectivity index (χ2n) is 8.54. The Kier molecular flexibility index (Phi) is 6.49. The van der Waals surface area contributed by atoms with Crippen LogP contribution in [0.3, 0.4) is 0 Å². The molecular weight excluding hydrogens is 453 g/mol. The molecule has 0 unspecified atom stereocenters. The highest BCUT2D eigenvalue weighted by Gasteiger charge is 2.42. The van der Waals surface area contributed by atoms with Gasteiger partial charge in [-0.1, -0.05) is 48.5 Å². The summed E-state index contributed by atoms with van der Waals surface area (Å²) in [7, 11) is 0. The lowest BCUT2D eigenvalue weighted by Gasteiger charge is -2.37. The van der Waals surface area contributed by atoms with E-state index in [4.69, 9.17) is 9.84 Å². The number of carbonyl (C=O) groups excluding carboxylic acids is 2. The van der Waals surface area contributed by atoms with Gasteiger partial charge in [-0.3, -0.25) is 9.59 Å². The van der Waals surface area contributed by atoms with E-state index in [1.807, 2.05) is 48.5 Å². The number of rotatable bonds is 7. The molecule has 2 aliphatic rings. The zero-order chi connectivity index (χ0) is 24.5.